The number of aryl methyl sites for hydroxylation is 1. The van der Waals surface area contributed by atoms with Crippen molar-refractivity contribution < 1.29 is 0 Å². The summed E-state index contributed by atoms with van der Waals surface area (Å²) in [5.74, 6) is 0. The van der Waals surface area contributed by atoms with Crippen molar-refractivity contribution in [1.29, 1.82) is 0 Å². The molecule has 0 saturated heterocycles. The summed E-state index contributed by atoms with van der Waals surface area (Å²) < 4.78 is 0.967. The first-order valence-corrected chi connectivity index (χ1v) is 6.67. The van der Waals surface area contributed by atoms with Crippen LogP contribution < -0.4 is 10.6 Å². The van der Waals surface area contributed by atoms with Crippen LogP contribution in [-0.4, -0.2) is 11.2 Å². The number of thiocarbonyl (C=S) groups is 1. The molecule has 1 saturated carbocycles. The normalized spacial score (nSPS) is 14.7. The number of rotatable bonds is 2. The van der Waals surface area contributed by atoms with Crippen molar-refractivity contribution in [3.8, 4) is 0 Å². The van der Waals surface area contributed by atoms with Crippen LogP contribution in [0.2, 0.25) is 5.02 Å². The van der Waals surface area contributed by atoms with Crippen LogP contribution >= 0.6 is 39.7 Å². The second-order valence-corrected chi connectivity index (χ2v) is 5.62. The summed E-state index contributed by atoms with van der Waals surface area (Å²) in [5.41, 5.74) is 1.94. The van der Waals surface area contributed by atoms with Gasteiger partial charge in [0, 0.05) is 15.5 Å². The van der Waals surface area contributed by atoms with E-state index >= 15 is 0 Å². The van der Waals surface area contributed by atoms with E-state index in [0.717, 1.165) is 20.7 Å². The van der Waals surface area contributed by atoms with Crippen LogP contribution in [0.1, 0.15) is 18.4 Å². The number of hydrogen-bond acceptors (Lipinski definition) is 1. The fraction of sp³-hybridized carbons (Fsp3) is 0.364. The Morgan fingerprint density at radius 3 is 2.81 bits per heavy atom. The molecule has 2 nitrogen and oxygen atoms in total. The van der Waals surface area contributed by atoms with Crippen LogP contribution in [0.4, 0.5) is 5.69 Å². The molecule has 0 heterocycles. The summed E-state index contributed by atoms with van der Waals surface area (Å²) in [7, 11) is 0. The average molecular weight is 320 g/mol. The summed E-state index contributed by atoms with van der Waals surface area (Å²) in [4.78, 5) is 0. The van der Waals surface area contributed by atoms with Crippen molar-refractivity contribution in [2.24, 2.45) is 0 Å². The zero-order valence-electron chi connectivity index (χ0n) is 8.81. The molecule has 1 aromatic rings. The van der Waals surface area contributed by atoms with Gasteiger partial charge in [-0.25, -0.2) is 0 Å². The lowest BCUT2D eigenvalue weighted by atomic mass is 10.2. The van der Waals surface area contributed by atoms with Crippen molar-refractivity contribution in [2.75, 3.05) is 5.32 Å². The standard InChI is InChI=1S/C11H12BrClN2S/c1-6-4-8(12)10(5-9(6)13)15-11(16)14-7-2-3-7/h4-5,7H,2-3H2,1H3,(H2,14,15,16). The molecular weight excluding hydrogens is 308 g/mol. The molecule has 1 fully saturated rings. The van der Waals surface area contributed by atoms with Crippen molar-refractivity contribution >= 4 is 50.5 Å². The zero-order chi connectivity index (χ0) is 11.7. The maximum Gasteiger partial charge on any atom is 0.171 e. The van der Waals surface area contributed by atoms with E-state index in [9.17, 15) is 0 Å². The molecule has 0 amide bonds. The molecule has 0 bridgehead atoms. The Labute approximate surface area is 114 Å². The first-order valence-electron chi connectivity index (χ1n) is 5.09. The highest BCUT2D eigenvalue weighted by molar-refractivity contribution is 9.10. The molecule has 0 atom stereocenters. The van der Waals surface area contributed by atoms with E-state index in [4.69, 9.17) is 23.8 Å². The van der Waals surface area contributed by atoms with E-state index in [1.54, 1.807) is 0 Å². The second kappa shape index (κ2) is 4.90. The van der Waals surface area contributed by atoms with Crippen molar-refractivity contribution in [2.45, 2.75) is 25.8 Å². The highest BCUT2D eigenvalue weighted by atomic mass is 79.9. The summed E-state index contributed by atoms with van der Waals surface area (Å²) in [5, 5.41) is 7.75. The lowest BCUT2D eigenvalue weighted by Gasteiger charge is -2.12. The molecule has 0 radical (unpaired) electrons. The van der Waals surface area contributed by atoms with Gasteiger partial charge in [0.15, 0.2) is 5.11 Å². The number of nitrogens with one attached hydrogen (secondary N) is 2. The van der Waals surface area contributed by atoms with Crippen LogP contribution in [0, 0.1) is 6.92 Å². The maximum atomic E-state index is 6.06. The molecule has 1 aromatic carbocycles. The Hall–Kier alpha value is -0.320. The van der Waals surface area contributed by atoms with Crippen LogP contribution in [0.5, 0.6) is 0 Å². The van der Waals surface area contributed by atoms with Crippen LogP contribution in [0.15, 0.2) is 16.6 Å². The molecule has 0 unspecified atom stereocenters. The van der Waals surface area contributed by atoms with Crippen molar-refractivity contribution in [1.82, 2.24) is 5.32 Å². The van der Waals surface area contributed by atoms with Gasteiger partial charge in [-0.2, -0.15) is 0 Å². The lowest BCUT2D eigenvalue weighted by molar-refractivity contribution is 0.919. The minimum Gasteiger partial charge on any atom is -0.360 e. The predicted octanol–water partition coefficient (Wildman–Crippen LogP) is 3.86. The fourth-order valence-electron chi connectivity index (χ4n) is 1.31. The van der Waals surface area contributed by atoms with Gasteiger partial charge in [0.2, 0.25) is 0 Å². The Balaban J connectivity index is 2.07. The smallest absolute Gasteiger partial charge is 0.171 e. The number of halogens is 2. The van der Waals surface area contributed by atoms with Crippen LogP contribution in [-0.2, 0) is 0 Å². The summed E-state index contributed by atoms with van der Waals surface area (Å²) in [6, 6.07) is 4.41. The van der Waals surface area contributed by atoms with Gasteiger partial charge in [-0.05, 0) is 65.6 Å². The lowest BCUT2D eigenvalue weighted by Crippen LogP contribution is -2.30. The van der Waals surface area contributed by atoms with Crippen LogP contribution in [0.3, 0.4) is 0 Å². The minimum absolute atomic E-state index is 0.555. The first kappa shape index (κ1) is 12.1. The maximum absolute atomic E-state index is 6.06. The van der Waals surface area contributed by atoms with Gasteiger partial charge in [-0.1, -0.05) is 11.6 Å². The molecule has 0 spiro atoms. The minimum atomic E-state index is 0.555. The van der Waals surface area contributed by atoms with E-state index in [1.807, 2.05) is 19.1 Å². The molecule has 1 aliphatic carbocycles. The third-order valence-electron chi connectivity index (χ3n) is 2.41. The third kappa shape index (κ3) is 3.09. The van der Waals surface area contributed by atoms with Crippen LogP contribution in [0.25, 0.3) is 0 Å². The molecular formula is C11H12BrClN2S. The summed E-state index contributed by atoms with van der Waals surface area (Å²) in [6.07, 6.45) is 2.41. The van der Waals surface area contributed by atoms with Gasteiger partial charge in [-0.15, -0.1) is 0 Å². The second-order valence-electron chi connectivity index (χ2n) is 3.95. The molecule has 0 aliphatic heterocycles. The van der Waals surface area contributed by atoms with Gasteiger partial charge >= 0.3 is 0 Å². The van der Waals surface area contributed by atoms with E-state index in [0.29, 0.717) is 11.2 Å². The summed E-state index contributed by atoms with van der Waals surface area (Å²) >= 11 is 14.7. The fourth-order valence-corrected chi connectivity index (χ4v) is 2.31. The highest BCUT2D eigenvalue weighted by Gasteiger charge is 2.21. The Bertz CT molecular complexity index is 432. The number of benzene rings is 1. The van der Waals surface area contributed by atoms with Gasteiger partial charge in [0.25, 0.3) is 0 Å². The summed E-state index contributed by atoms with van der Waals surface area (Å²) in [6.45, 7) is 1.97. The number of hydrogen-bond donors (Lipinski definition) is 2. The quantitative estimate of drug-likeness (QED) is 0.810. The molecule has 2 N–H and O–H groups in total. The molecule has 16 heavy (non-hydrogen) atoms. The van der Waals surface area contributed by atoms with Crippen molar-refractivity contribution in [3.05, 3.63) is 27.2 Å². The topological polar surface area (TPSA) is 24.1 Å². The Morgan fingerprint density at radius 2 is 2.19 bits per heavy atom. The van der Waals surface area contributed by atoms with E-state index in [-0.39, 0.29) is 0 Å². The molecule has 5 heteroatoms. The molecule has 86 valence electrons. The Kier molecular flexibility index (Phi) is 3.72. The number of anilines is 1. The first-order chi connectivity index (χ1) is 7.56. The van der Waals surface area contributed by atoms with Gasteiger partial charge in [0.05, 0.1) is 5.69 Å². The van der Waals surface area contributed by atoms with E-state index in [1.165, 1.54) is 12.8 Å². The zero-order valence-corrected chi connectivity index (χ0v) is 12.0. The Morgan fingerprint density at radius 1 is 1.50 bits per heavy atom. The molecule has 1 aliphatic rings. The molecule has 2 rings (SSSR count). The monoisotopic (exact) mass is 318 g/mol. The largest absolute Gasteiger partial charge is 0.360 e. The molecule has 0 aromatic heterocycles. The van der Waals surface area contributed by atoms with Gasteiger partial charge < -0.3 is 10.6 Å². The predicted molar refractivity (Wildman–Crippen MR) is 76.3 cm³/mol. The average Bonchev–Trinajstić information content (AvgIpc) is 2.98. The van der Waals surface area contributed by atoms with Gasteiger partial charge in [0.1, 0.15) is 0 Å². The highest BCUT2D eigenvalue weighted by Crippen LogP contribution is 2.29. The van der Waals surface area contributed by atoms with Gasteiger partial charge in [-0.3, -0.25) is 0 Å². The van der Waals surface area contributed by atoms with Crippen molar-refractivity contribution in [3.63, 3.8) is 0 Å². The SMILES string of the molecule is Cc1cc(Br)c(NC(=S)NC2CC2)cc1Cl. The third-order valence-corrected chi connectivity index (χ3v) is 3.69. The van der Waals surface area contributed by atoms with E-state index in [2.05, 4.69) is 26.6 Å². The van der Waals surface area contributed by atoms with E-state index < -0.39 is 0 Å².